The molecule has 6 N–H and O–H groups in total. The molecule has 0 spiro atoms. The predicted octanol–water partition coefficient (Wildman–Crippen LogP) is 3.15. The summed E-state index contributed by atoms with van der Waals surface area (Å²) in [6.07, 6.45) is -0.0407. The minimum Gasteiger partial charge on any atom is -0.507 e. The SMILES string of the molecule is O=C(O)c1cc2ccccc2c(Cc2c(O)c(C(=O)O)cc3ccccc23)c1O.O=S(=O)(O)CCS(=O)(=O)O. The number of phenols is 2. The molecule has 0 aliphatic carbocycles. The molecule has 4 aromatic rings. The van der Waals surface area contributed by atoms with E-state index in [2.05, 4.69) is 0 Å². The Kier molecular flexibility index (Phi) is 8.45. The van der Waals surface area contributed by atoms with Crippen LogP contribution in [0.3, 0.4) is 0 Å². The van der Waals surface area contributed by atoms with E-state index < -0.39 is 55.2 Å². The lowest BCUT2D eigenvalue weighted by Gasteiger charge is -2.16. The first-order valence-corrected chi connectivity index (χ1v) is 14.1. The highest BCUT2D eigenvalue weighted by atomic mass is 32.2. The third kappa shape index (κ3) is 7.20. The van der Waals surface area contributed by atoms with Crippen LogP contribution in [0.1, 0.15) is 31.8 Å². The molecular formula is C25H22O12S2. The average Bonchev–Trinajstić information content (AvgIpc) is 2.84. The smallest absolute Gasteiger partial charge is 0.339 e. The number of hydrogen-bond donors (Lipinski definition) is 6. The Bertz CT molecular complexity index is 1680. The highest BCUT2D eigenvalue weighted by Gasteiger charge is 2.22. The molecule has 0 radical (unpaired) electrons. The molecule has 0 unspecified atom stereocenters. The van der Waals surface area contributed by atoms with Gasteiger partial charge in [-0.05, 0) is 33.7 Å². The van der Waals surface area contributed by atoms with Gasteiger partial charge in [0.15, 0.2) is 0 Å². The molecule has 4 aromatic carbocycles. The Hall–Kier alpha value is -4.24. The van der Waals surface area contributed by atoms with Crippen LogP contribution in [0, 0.1) is 0 Å². The minimum absolute atomic E-state index is 0.0407. The lowest BCUT2D eigenvalue weighted by atomic mass is 9.90. The number of benzene rings is 4. The Morgan fingerprint density at radius 3 is 1.26 bits per heavy atom. The molecule has 0 saturated carbocycles. The van der Waals surface area contributed by atoms with Gasteiger partial charge in [0.05, 0.1) is 11.5 Å². The Morgan fingerprint density at radius 2 is 0.949 bits per heavy atom. The average molecular weight is 579 g/mol. The molecule has 12 nitrogen and oxygen atoms in total. The molecule has 0 aromatic heterocycles. The highest BCUT2D eigenvalue weighted by Crippen LogP contribution is 2.38. The van der Waals surface area contributed by atoms with Crippen molar-refractivity contribution >= 4 is 53.7 Å². The summed E-state index contributed by atoms with van der Waals surface area (Å²) in [5.41, 5.74) is 0.112. The maximum absolute atomic E-state index is 11.6. The highest BCUT2D eigenvalue weighted by molar-refractivity contribution is 7.89. The molecule has 0 heterocycles. The number of hydrogen-bond acceptors (Lipinski definition) is 8. The van der Waals surface area contributed by atoms with E-state index in [9.17, 15) is 46.9 Å². The summed E-state index contributed by atoms with van der Waals surface area (Å²) >= 11 is 0. The van der Waals surface area contributed by atoms with Crippen LogP contribution < -0.4 is 0 Å². The van der Waals surface area contributed by atoms with Gasteiger partial charge in [-0.1, -0.05) is 48.5 Å². The second kappa shape index (κ2) is 11.2. The summed E-state index contributed by atoms with van der Waals surface area (Å²) in [6, 6.07) is 16.8. The molecule has 0 aliphatic rings. The first kappa shape index (κ1) is 29.3. The lowest BCUT2D eigenvalue weighted by molar-refractivity contribution is 0.0682. The van der Waals surface area contributed by atoms with E-state index in [-0.39, 0.29) is 17.5 Å². The Labute approximate surface area is 221 Å². The summed E-state index contributed by atoms with van der Waals surface area (Å²) in [5.74, 6) is -5.32. The van der Waals surface area contributed by atoms with Crippen LogP contribution in [0.4, 0.5) is 0 Å². The molecule has 0 saturated heterocycles. The van der Waals surface area contributed by atoms with E-state index in [1.54, 1.807) is 48.5 Å². The molecule has 0 fully saturated rings. The predicted molar refractivity (Wildman–Crippen MR) is 141 cm³/mol. The first-order chi connectivity index (χ1) is 18.1. The molecule has 14 heteroatoms. The molecule has 0 atom stereocenters. The first-order valence-electron chi connectivity index (χ1n) is 10.9. The maximum Gasteiger partial charge on any atom is 0.339 e. The van der Waals surface area contributed by atoms with Crippen LogP contribution in [0.5, 0.6) is 11.5 Å². The van der Waals surface area contributed by atoms with Crippen molar-refractivity contribution in [2.24, 2.45) is 0 Å². The lowest BCUT2D eigenvalue weighted by Crippen LogP contribution is -2.15. The number of aromatic carboxylic acids is 2. The van der Waals surface area contributed by atoms with Crippen LogP contribution in [0.2, 0.25) is 0 Å². The third-order valence-corrected chi connectivity index (χ3v) is 7.37. The summed E-state index contributed by atoms with van der Waals surface area (Å²) < 4.78 is 55.4. The van der Waals surface area contributed by atoms with Crippen LogP contribution in [-0.2, 0) is 26.7 Å². The van der Waals surface area contributed by atoms with E-state index in [1.807, 2.05) is 0 Å². The normalized spacial score (nSPS) is 11.6. The van der Waals surface area contributed by atoms with Crippen molar-refractivity contribution in [1.29, 1.82) is 0 Å². The van der Waals surface area contributed by atoms with E-state index in [0.29, 0.717) is 32.7 Å². The van der Waals surface area contributed by atoms with Gasteiger partial charge in [0.1, 0.15) is 22.6 Å². The van der Waals surface area contributed by atoms with Crippen molar-refractivity contribution < 1.29 is 56.0 Å². The fourth-order valence-corrected chi connectivity index (χ4v) is 5.58. The third-order valence-electron chi connectivity index (χ3n) is 5.67. The van der Waals surface area contributed by atoms with E-state index >= 15 is 0 Å². The topological polar surface area (TPSA) is 224 Å². The van der Waals surface area contributed by atoms with Crippen molar-refractivity contribution in [3.8, 4) is 11.5 Å². The van der Waals surface area contributed by atoms with Gasteiger partial charge in [0.2, 0.25) is 0 Å². The summed E-state index contributed by atoms with van der Waals surface area (Å²) in [4.78, 5) is 23.2. The molecule has 206 valence electrons. The standard InChI is InChI=1S/C23H16O6.C2H6O6S2/c24-20-16(14-7-3-1-5-12(14)9-18(20)22(26)27)11-17-15-8-4-2-6-13(15)10-19(21(17)25)23(28)29;3-9(4,5)1-2-10(6,7)8/h1-10,24-25H,11H2,(H,26,27)(H,28,29);1-2H2,(H,3,4,5)(H,6,7,8). The molecule has 0 amide bonds. The van der Waals surface area contributed by atoms with Crippen LogP contribution >= 0.6 is 0 Å². The zero-order valence-corrected chi connectivity index (χ0v) is 21.5. The minimum atomic E-state index is -4.30. The van der Waals surface area contributed by atoms with Gasteiger partial charge in [0, 0.05) is 17.5 Å². The van der Waals surface area contributed by atoms with E-state index in [0.717, 1.165) is 0 Å². The van der Waals surface area contributed by atoms with Gasteiger partial charge in [-0.2, -0.15) is 16.8 Å². The monoisotopic (exact) mass is 578 g/mol. The number of aromatic hydroxyl groups is 2. The van der Waals surface area contributed by atoms with E-state index in [4.69, 9.17) is 9.11 Å². The second-order valence-corrected chi connectivity index (χ2v) is 11.4. The summed E-state index contributed by atoms with van der Waals surface area (Å²) in [7, 11) is -8.59. The van der Waals surface area contributed by atoms with Crippen molar-refractivity contribution in [2.45, 2.75) is 6.42 Å². The van der Waals surface area contributed by atoms with Gasteiger partial charge in [0.25, 0.3) is 20.2 Å². The quantitative estimate of drug-likeness (QED) is 0.174. The largest absolute Gasteiger partial charge is 0.507 e. The fourth-order valence-electron chi connectivity index (χ4n) is 3.89. The van der Waals surface area contributed by atoms with Crippen molar-refractivity contribution in [3.05, 3.63) is 82.9 Å². The molecule has 4 rings (SSSR count). The number of carboxylic acids is 2. The zero-order chi connectivity index (χ0) is 29.1. The molecular weight excluding hydrogens is 556 g/mol. The molecule has 0 aliphatic heterocycles. The molecule has 0 bridgehead atoms. The van der Waals surface area contributed by atoms with Crippen LogP contribution in [-0.4, -0.2) is 69.8 Å². The molecule has 39 heavy (non-hydrogen) atoms. The summed E-state index contributed by atoms with van der Waals surface area (Å²) in [5, 5.41) is 42.8. The zero-order valence-electron chi connectivity index (χ0n) is 19.8. The second-order valence-electron chi connectivity index (χ2n) is 8.30. The van der Waals surface area contributed by atoms with Gasteiger partial charge < -0.3 is 20.4 Å². The van der Waals surface area contributed by atoms with Crippen molar-refractivity contribution in [2.75, 3.05) is 11.5 Å². The number of fused-ring (bicyclic) bond motifs is 2. The van der Waals surface area contributed by atoms with Crippen molar-refractivity contribution in [1.82, 2.24) is 0 Å². The maximum atomic E-state index is 11.6. The van der Waals surface area contributed by atoms with Crippen molar-refractivity contribution in [3.63, 3.8) is 0 Å². The number of carbonyl (C=O) groups is 2. The van der Waals surface area contributed by atoms with Gasteiger partial charge in [-0.15, -0.1) is 0 Å². The Morgan fingerprint density at radius 1 is 0.615 bits per heavy atom. The summed E-state index contributed by atoms with van der Waals surface area (Å²) in [6.45, 7) is 0. The number of rotatable bonds is 7. The van der Waals surface area contributed by atoms with Gasteiger partial charge in [-0.3, -0.25) is 9.11 Å². The van der Waals surface area contributed by atoms with Crippen LogP contribution in [0.15, 0.2) is 60.7 Å². The van der Waals surface area contributed by atoms with E-state index in [1.165, 1.54) is 12.1 Å². The van der Waals surface area contributed by atoms with Gasteiger partial charge in [-0.25, -0.2) is 9.59 Å². The van der Waals surface area contributed by atoms with Gasteiger partial charge >= 0.3 is 11.9 Å². The fraction of sp³-hybridized carbons (Fsp3) is 0.120. The number of carboxylic acid groups (broad SMARTS) is 2. The Balaban J connectivity index is 0.000000360. The van der Waals surface area contributed by atoms with Crippen LogP contribution in [0.25, 0.3) is 21.5 Å².